The molecule has 0 atom stereocenters. The molecule has 1 aliphatic rings. The molecule has 1 heterocycles. The van der Waals surface area contributed by atoms with E-state index in [9.17, 15) is 14.9 Å². The van der Waals surface area contributed by atoms with Crippen LogP contribution >= 0.6 is 23.4 Å². The normalized spacial score (nSPS) is 15.7. The van der Waals surface area contributed by atoms with Crippen LogP contribution in [0.25, 0.3) is 0 Å². The lowest BCUT2D eigenvalue weighted by atomic mass is 10.2. The second-order valence-electron chi connectivity index (χ2n) is 5.08. The molecule has 1 N–H and O–H groups in total. The zero-order valence-electron chi connectivity index (χ0n) is 12.9. The first-order chi connectivity index (χ1) is 12.1. The van der Waals surface area contributed by atoms with Gasteiger partial charge in [-0.3, -0.25) is 14.5 Å². The van der Waals surface area contributed by atoms with Gasteiger partial charge in [0.15, 0.2) is 0 Å². The molecule has 7 heteroatoms. The lowest BCUT2D eigenvalue weighted by molar-refractivity contribution is -0.115. The minimum Gasteiger partial charge on any atom is -0.320 e. The number of anilines is 2. The molecule has 2 amide bonds. The first-order valence-corrected chi connectivity index (χ1v) is 8.69. The van der Waals surface area contributed by atoms with Crippen molar-refractivity contribution in [3.63, 3.8) is 0 Å². The number of benzene rings is 2. The SMILES string of the molecule is N#C/C(C(=O)Nc1ccccc1Cl)=C1/SCC(=O)N1c1ccccc1. The molecule has 1 fully saturated rings. The number of carbonyl (C=O) groups excluding carboxylic acids is 2. The molecule has 3 rings (SSSR count). The van der Waals surface area contributed by atoms with Gasteiger partial charge in [-0.15, -0.1) is 0 Å². The fraction of sp³-hybridized carbons (Fsp3) is 0.0556. The summed E-state index contributed by atoms with van der Waals surface area (Å²) < 4.78 is 0. The van der Waals surface area contributed by atoms with Crippen LogP contribution in [-0.4, -0.2) is 17.6 Å². The van der Waals surface area contributed by atoms with Crippen molar-refractivity contribution in [2.75, 3.05) is 16.0 Å². The molecule has 0 saturated carbocycles. The fourth-order valence-corrected chi connectivity index (χ4v) is 3.53. The van der Waals surface area contributed by atoms with E-state index in [-0.39, 0.29) is 17.2 Å². The minimum atomic E-state index is -0.603. The number of para-hydroxylation sites is 2. The van der Waals surface area contributed by atoms with Crippen molar-refractivity contribution in [3.05, 3.63) is 70.2 Å². The first-order valence-electron chi connectivity index (χ1n) is 7.33. The van der Waals surface area contributed by atoms with Crippen LogP contribution < -0.4 is 10.2 Å². The van der Waals surface area contributed by atoms with Crippen LogP contribution in [0.4, 0.5) is 11.4 Å². The number of nitrogens with zero attached hydrogens (tertiary/aromatic N) is 2. The van der Waals surface area contributed by atoms with Gasteiger partial charge in [-0.1, -0.05) is 53.7 Å². The average molecular weight is 370 g/mol. The zero-order valence-corrected chi connectivity index (χ0v) is 14.5. The van der Waals surface area contributed by atoms with Gasteiger partial charge in [0.2, 0.25) is 5.91 Å². The van der Waals surface area contributed by atoms with Gasteiger partial charge in [0.1, 0.15) is 16.7 Å². The summed E-state index contributed by atoms with van der Waals surface area (Å²) in [6.45, 7) is 0. The summed E-state index contributed by atoms with van der Waals surface area (Å²) in [5.41, 5.74) is 0.897. The third-order valence-electron chi connectivity index (χ3n) is 3.47. The quantitative estimate of drug-likeness (QED) is 0.659. The molecule has 0 unspecified atom stereocenters. The number of nitriles is 1. The molecule has 0 spiro atoms. The van der Waals surface area contributed by atoms with Crippen LogP contribution in [0.2, 0.25) is 5.02 Å². The van der Waals surface area contributed by atoms with Gasteiger partial charge >= 0.3 is 0 Å². The average Bonchev–Trinajstić information content (AvgIpc) is 3.00. The van der Waals surface area contributed by atoms with Crippen molar-refractivity contribution in [1.82, 2.24) is 0 Å². The number of amides is 2. The molecule has 5 nitrogen and oxygen atoms in total. The Labute approximate surface area is 153 Å². The van der Waals surface area contributed by atoms with Gasteiger partial charge < -0.3 is 5.32 Å². The maximum atomic E-state index is 12.6. The molecular weight excluding hydrogens is 358 g/mol. The first kappa shape index (κ1) is 17.1. The van der Waals surface area contributed by atoms with E-state index in [1.54, 1.807) is 48.5 Å². The molecule has 0 aromatic heterocycles. The topological polar surface area (TPSA) is 73.2 Å². The van der Waals surface area contributed by atoms with Gasteiger partial charge in [0.25, 0.3) is 5.91 Å². The van der Waals surface area contributed by atoms with Crippen LogP contribution in [-0.2, 0) is 9.59 Å². The number of thioether (sulfide) groups is 1. The van der Waals surface area contributed by atoms with E-state index in [0.29, 0.717) is 21.4 Å². The minimum absolute atomic E-state index is 0.125. The second-order valence-corrected chi connectivity index (χ2v) is 6.45. The van der Waals surface area contributed by atoms with Gasteiger partial charge in [0.05, 0.1) is 16.5 Å². The molecule has 0 aliphatic carbocycles. The Hall–Kier alpha value is -2.75. The van der Waals surface area contributed by atoms with Crippen molar-refractivity contribution < 1.29 is 9.59 Å². The molecule has 25 heavy (non-hydrogen) atoms. The van der Waals surface area contributed by atoms with E-state index < -0.39 is 5.91 Å². The lowest BCUT2D eigenvalue weighted by Gasteiger charge is -2.18. The third-order valence-corrected chi connectivity index (χ3v) is 4.86. The third kappa shape index (κ3) is 3.53. The monoisotopic (exact) mass is 369 g/mol. The number of hydrogen-bond donors (Lipinski definition) is 1. The Morgan fingerprint density at radius 2 is 1.84 bits per heavy atom. The standard InChI is InChI=1S/C18H12ClN3O2S/c19-14-8-4-5-9-15(14)21-17(24)13(10-20)18-22(16(23)11-25-18)12-6-2-1-3-7-12/h1-9H,11H2,(H,21,24)/b18-13-. The fourth-order valence-electron chi connectivity index (χ4n) is 2.34. The molecule has 124 valence electrons. The van der Waals surface area contributed by atoms with Gasteiger partial charge in [-0.25, -0.2) is 0 Å². The largest absolute Gasteiger partial charge is 0.320 e. The van der Waals surface area contributed by atoms with Crippen LogP contribution in [0, 0.1) is 11.3 Å². The van der Waals surface area contributed by atoms with E-state index in [0.717, 1.165) is 0 Å². The highest BCUT2D eigenvalue weighted by Crippen LogP contribution is 2.36. The van der Waals surface area contributed by atoms with Gasteiger partial charge in [0, 0.05) is 5.69 Å². The Morgan fingerprint density at radius 1 is 1.16 bits per heavy atom. The molecule has 1 saturated heterocycles. The van der Waals surface area contributed by atoms with Crippen molar-refractivity contribution in [2.24, 2.45) is 0 Å². The smallest absolute Gasteiger partial charge is 0.269 e. The van der Waals surface area contributed by atoms with Crippen molar-refractivity contribution in [2.45, 2.75) is 0 Å². The Balaban J connectivity index is 1.97. The van der Waals surface area contributed by atoms with Crippen molar-refractivity contribution >= 4 is 46.6 Å². The van der Waals surface area contributed by atoms with E-state index in [4.69, 9.17) is 11.6 Å². The number of rotatable bonds is 3. The summed E-state index contributed by atoms with van der Waals surface area (Å²) >= 11 is 7.21. The van der Waals surface area contributed by atoms with Gasteiger partial charge in [-0.2, -0.15) is 5.26 Å². The highest BCUT2D eigenvalue weighted by atomic mass is 35.5. The van der Waals surface area contributed by atoms with E-state index in [1.807, 2.05) is 12.1 Å². The summed E-state index contributed by atoms with van der Waals surface area (Å²) in [7, 11) is 0. The summed E-state index contributed by atoms with van der Waals surface area (Å²) in [6, 6.07) is 17.6. The van der Waals surface area contributed by atoms with E-state index in [2.05, 4.69) is 5.32 Å². The number of hydrogen-bond acceptors (Lipinski definition) is 4. The highest BCUT2D eigenvalue weighted by Gasteiger charge is 2.33. The summed E-state index contributed by atoms with van der Waals surface area (Å²) in [4.78, 5) is 26.2. The number of carbonyl (C=O) groups is 2. The van der Waals surface area contributed by atoms with E-state index in [1.165, 1.54) is 16.7 Å². The molecule has 2 aromatic rings. The Bertz CT molecular complexity index is 906. The molecule has 0 bridgehead atoms. The van der Waals surface area contributed by atoms with Crippen LogP contribution in [0.5, 0.6) is 0 Å². The summed E-state index contributed by atoms with van der Waals surface area (Å²) in [5.74, 6) is -0.604. The predicted octanol–water partition coefficient (Wildman–Crippen LogP) is 3.79. The maximum absolute atomic E-state index is 12.6. The second kappa shape index (κ2) is 7.43. The molecule has 1 aliphatic heterocycles. The summed E-state index contributed by atoms with van der Waals surface area (Å²) in [5, 5.41) is 12.8. The number of nitrogens with one attached hydrogen (secondary N) is 1. The highest BCUT2D eigenvalue weighted by molar-refractivity contribution is 8.04. The lowest BCUT2D eigenvalue weighted by Crippen LogP contribution is -2.26. The van der Waals surface area contributed by atoms with Crippen LogP contribution in [0.3, 0.4) is 0 Å². The number of halogens is 1. The molecule has 0 radical (unpaired) electrons. The summed E-state index contributed by atoms with van der Waals surface area (Å²) in [6.07, 6.45) is 0. The van der Waals surface area contributed by atoms with Crippen LogP contribution in [0.1, 0.15) is 0 Å². The van der Waals surface area contributed by atoms with Crippen molar-refractivity contribution in [3.8, 4) is 6.07 Å². The molecule has 2 aromatic carbocycles. The van der Waals surface area contributed by atoms with E-state index >= 15 is 0 Å². The maximum Gasteiger partial charge on any atom is 0.269 e. The van der Waals surface area contributed by atoms with Gasteiger partial charge in [-0.05, 0) is 24.3 Å². The van der Waals surface area contributed by atoms with Crippen molar-refractivity contribution in [1.29, 1.82) is 5.26 Å². The Kier molecular flexibility index (Phi) is 5.08. The predicted molar refractivity (Wildman–Crippen MR) is 99.1 cm³/mol. The Morgan fingerprint density at radius 3 is 2.52 bits per heavy atom. The zero-order chi connectivity index (χ0) is 17.8. The van der Waals surface area contributed by atoms with Crippen LogP contribution in [0.15, 0.2) is 65.2 Å². The molecular formula is C18H12ClN3O2S.